The summed E-state index contributed by atoms with van der Waals surface area (Å²) in [4.78, 5) is 15.7. The molecule has 3 nitrogen and oxygen atoms in total. The van der Waals surface area contributed by atoms with Gasteiger partial charge in [0.15, 0.2) is 0 Å². The molecule has 2 heterocycles. The Hall–Kier alpha value is -0.890. The van der Waals surface area contributed by atoms with Crippen molar-refractivity contribution in [1.29, 1.82) is 0 Å². The van der Waals surface area contributed by atoms with Crippen LogP contribution in [-0.4, -0.2) is 28.2 Å². The van der Waals surface area contributed by atoms with E-state index in [1.807, 2.05) is 29.7 Å². The molecule has 0 saturated carbocycles. The molecule has 0 aliphatic carbocycles. The van der Waals surface area contributed by atoms with Crippen molar-refractivity contribution >= 4 is 74.8 Å². The smallest absolute Gasteiger partial charge is 0.266 e. The maximum atomic E-state index is 12.5. The van der Waals surface area contributed by atoms with Crippen LogP contribution < -0.4 is 5.73 Å². The van der Waals surface area contributed by atoms with Crippen LogP contribution in [0.3, 0.4) is 0 Å². The van der Waals surface area contributed by atoms with Gasteiger partial charge >= 0.3 is 0 Å². The molecular formula is C17H14Cl2N2OS3. The van der Waals surface area contributed by atoms with Gasteiger partial charge in [0, 0.05) is 27.0 Å². The SMILES string of the molecule is NCCCN1C(=O)C(=Cc2cc(-c3ccc(Cl)cc3Cl)cs2)SC1=S. The quantitative estimate of drug-likeness (QED) is 0.520. The molecule has 1 fully saturated rings. The number of nitrogens with two attached hydrogens (primary N) is 1. The van der Waals surface area contributed by atoms with Crippen LogP contribution in [0.5, 0.6) is 0 Å². The summed E-state index contributed by atoms with van der Waals surface area (Å²) in [5.74, 6) is -0.0528. The van der Waals surface area contributed by atoms with Crippen LogP contribution >= 0.6 is 58.5 Å². The first kappa shape index (κ1) is 18.9. The lowest BCUT2D eigenvalue weighted by Crippen LogP contribution is -2.30. The highest BCUT2D eigenvalue weighted by Gasteiger charge is 2.31. The Bertz CT molecular complexity index is 863. The number of halogens is 2. The van der Waals surface area contributed by atoms with Gasteiger partial charge in [-0.3, -0.25) is 9.69 Å². The summed E-state index contributed by atoms with van der Waals surface area (Å²) < 4.78 is 0.585. The van der Waals surface area contributed by atoms with E-state index in [-0.39, 0.29) is 5.91 Å². The number of benzene rings is 1. The predicted molar refractivity (Wildman–Crippen MR) is 113 cm³/mol. The Morgan fingerprint density at radius 2 is 2.08 bits per heavy atom. The van der Waals surface area contributed by atoms with Gasteiger partial charge in [0.1, 0.15) is 4.32 Å². The minimum Gasteiger partial charge on any atom is -0.330 e. The standard InChI is InChI=1S/C17H14Cl2N2OS3/c18-11-2-3-13(14(19)7-11)10-6-12(24-9-10)8-15-16(22)21(5-1-4-20)17(23)25-15/h2-3,6-9H,1,4-5,20H2. The molecular weight excluding hydrogens is 415 g/mol. The summed E-state index contributed by atoms with van der Waals surface area (Å²) in [5.41, 5.74) is 7.43. The third kappa shape index (κ3) is 4.27. The molecule has 0 unspecified atom stereocenters. The van der Waals surface area contributed by atoms with Crippen LogP contribution in [-0.2, 0) is 4.79 Å². The van der Waals surface area contributed by atoms with Crippen LogP contribution in [0.2, 0.25) is 10.0 Å². The molecule has 0 atom stereocenters. The highest BCUT2D eigenvalue weighted by molar-refractivity contribution is 8.26. The Morgan fingerprint density at radius 1 is 1.28 bits per heavy atom. The molecule has 1 aliphatic heterocycles. The number of rotatable bonds is 5. The summed E-state index contributed by atoms with van der Waals surface area (Å²) in [5, 5.41) is 3.21. The van der Waals surface area contributed by atoms with Gasteiger partial charge in [0.2, 0.25) is 0 Å². The Morgan fingerprint density at radius 3 is 2.80 bits per heavy atom. The van der Waals surface area contributed by atoms with Crippen LogP contribution in [0.15, 0.2) is 34.6 Å². The first-order chi connectivity index (χ1) is 12.0. The minimum absolute atomic E-state index is 0.0528. The highest BCUT2D eigenvalue weighted by Crippen LogP contribution is 2.37. The largest absolute Gasteiger partial charge is 0.330 e. The van der Waals surface area contributed by atoms with Crippen molar-refractivity contribution in [1.82, 2.24) is 4.90 Å². The molecule has 3 rings (SSSR count). The second-order valence-corrected chi connectivity index (χ2v) is 8.80. The number of hydrogen-bond acceptors (Lipinski definition) is 5. The number of thiophene rings is 1. The van der Waals surface area contributed by atoms with E-state index in [4.69, 9.17) is 41.2 Å². The van der Waals surface area contributed by atoms with Crippen LogP contribution in [0.25, 0.3) is 17.2 Å². The molecule has 0 radical (unpaired) electrons. The van der Waals surface area contributed by atoms with Gasteiger partial charge in [-0.15, -0.1) is 11.3 Å². The third-order valence-electron chi connectivity index (χ3n) is 3.59. The number of carbonyl (C=O) groups is 1. The fraction of sp³-hybridized carbons (Fsp3) is 0.176. The zero-order valence-corrected chi connectivity index (χ0v) is 17.0. The van der Waals surface area contributed by atoms with E-state index in [9.17, 15) is 4.79 Å². The molecule has 1 aromatic heterocycles. The predicted octanol–water partition coefficient (Wildman–Crippen LogP) is 5.27. The van der Waals surface area contributed by atoms with E-state index in [1.165, 1.54) is 11.8 Å². The maximum Gasteiger partial charge on any atom is 0.266 e. The normalized spacial score (nSPS) is 16.3. The molecule has 2 N–H and O–H groups in total. The maximum absolute atomic E-state index is 12.5. The van der Waals surface area contributed by atoms with Gasteiger partial charge in [0.05, 0.1) is 4.91 Å². The van der Waals surface area contributed by atoms with Crippen molar-refractivity contribution in [3.8, 4) is 11.1 Å². The van der Waals surface area contributed by atoms with E-state index in [0.29, 0.717) is 32.4 Å². The summed E-state index contributed by atoms with van der Waals surface area (Å²) in [6.45, 7) is 1.10. The van der Waals surface area contributed by atoms with Crippen molar-refractivity contribution in [2.24, 2.45) is 5.73 Å². The molecule has 2 aromatic rings. The van der Waals surface area contributed by atoms with Crippen molar-refractivity contribution in [2.45, 2.75) is 6.42 Å². The van der Waals surface area contributed by atoms with E-state index in [1.54, 1.807) is 22.3 Å². The molecule has 130 valence electrons. The van der Waals surface area contributed by atoms with Crippen molar-refractivity contribution in [3.05, 3.63) is 49.5 Å². The fourth-order valence-electron chi connectivity index (χ4n) is 2.36. The first-order valence-corrected chi connectivity index (χ1v) is 10.3. The zero-order valence-electron chi connectivity index (χ0n) is 13.0. The van der Waals surface area contributed by atoms with E-state index in [2.05, 4.69) is 0 Å². The molecule has 8 heteroatoms. The van der Waals surface area contributed by atoms with E-state index < -0.39 is 0 Å². The topological polar surface area (TPSA) is 46.3 Å². The number of carbonyl (C=O) groups excluding carboxylic acids is 1. The molecule has 1 saturated heterocycles. The Kier molecular flexibility index (Phi) is 6.20. The van der Waals surface area contributed by atoms with E-state index in [0.717, 1.165) is 22.4 Å². The second-order valence-electron chi connectivity index (χ2n) is 5.34. The summed E-state index contributed by atoms with van der Waals surface area (Å²) in [6.07, 6.45) is 2.61. The number of thioether (sulfide) groups is 1. The van der Waals surface area contributed by atoms with Gasteiger partial charge in [-0.1, -0.05) is 53.2 Å². The first-order valence-electron chi connectivity index (χ1n) is 7.49. The molecule has 1 amide bonds. The van der Waals surface area contributed by atoms with Crippen molar-refractivity contribution in [3.63, 3.8) is 0 Å². The van der Waals surface area contributed by atoms with Gasteiger partial charge in [-0.2, -0.15) is 0 Å². The zero-order chi connectivity index (χ0) is 18.0. The average Bonchev–Trinajstić information content (AvgIpc) is 3.12. The highest BCUT2D eigenvalue weighted by atomic mass is 35.5. The van der Waals surface area contributed by atoms with Crippen molar-refractivity contribution < 1.29 is 4.79 Å². The van der Waals surface area contributed by atoms with Gasteiger partial charge in [-0.05, 0) is 48.2 Å². The van der Waals surface area contributed by atoms with Crippen molar-refractivity contribution in [2.75, 3.05) is 13.1 Å². The molecule has 1 aromatic carbocycles. The van der Waals surface area contributed by atoms with Crippen LogP contribution in [0.1, 0.15) is 11.3 Å². The fourth-order valence-corrected chi connectivity index (χ4v) is 5.10. The monoisotopic (exact) mass is 428 g/mol. The molecule has 0 bridgehead atoms. The summed E-state index contributed by atoms with van der Waals surface area (Å²) in [7, 11) is 0. The van der Waals surface area contributed by atoms with Gasteiger partial charge < -0.3 is 5.73 Å². The lowest BCUT2D eigenvalue weighted by atomic mass is 10.1. The number of nitrogens with zero attached hydrogens (tertiary/aromatic N) is 1. The Labute approximate surface area is 169 Å². The summed E-state index contributed by atoms with van der Waals surface area (Å²) in [6, 6.07) is 7.43. The number of hydrogen-bond donors (Lipinski definition) is 1. The van der Waals surface area contributed by atoms with Gasteiger partial charge in [-0.25, -0.2) is 0 Å². The van der Waals surface area contributed by atoms with Crippen LogP contribution in [0.4, 0.5) is 0 Å². The molecule has 25 heavy (non-hydrogen) atoms. The number of thiocarbonyl (C=S) groups is 1. The lowest BCUT2D eigenvalue weighted by Gasteiger charge is -2.12. The Balaban J connectivity index is 1.82. The van der Waals surface area contributed by atoms with Crippen LogP contribution in [0, 0.1) is 0 Å². The molecule has 1 aliphatic rings. The summed E-state index contributed by atoms with van der Waals surface area (Å²) >= 11 is 20.4. The average molecular weight is 429 g/mol. The number of amides is 1. The lowest BCUT2D eigenvalue weighted by molar-refractivity contribution is -0.122. The van der Waals surface area contributed by atoms with E-state index >= 15 is 0 Å². The molecule has 0 spiro atoms. The second kappa shape index (κ2) is 8.20. The third-order valence-corrected chi connectivity index (χ3v) is 6.40. The minimum atomic E-state index is -0.0528. The van der Waals surface area contributed by atoms with Gasteiger partial charge in [0.25, 0.3) is 5.91 Å².